The van der Waals surface area contributed by atoms with Crippen molar-refractivity contribution in [3.8, 4) is 0 Å². The zero-order valence-corrected chi connectivity index (χ0v) is 10.4. The predicted molar refractivity (Wildman–Crippen MR) is 66.9 cm³/mol. The molecule has 2 rings (SSSR count). The number of aryl methyl sites for hydroxylation is 1. The van der Waals surface area contributed by atoms with E-state index in [0.717, 1.165) is 31.9 Å². The lowest BCUT2D eigenvalue weighted by atomic mass is 10.2. The molecule has 17 heavy (non-hydrogen) atoms. The third-order valence-electron chi connectivity index (χ3n) is 3.03. The fraction of sp³-hybridized carbons (Fsp3) is 0.538. The molecule has 1 fully saturated rings. The molecule has 94 valence electrons. The number of nitrogens with one attached hydrogen (secondary N) is 1. The third-order valence-corrected chi connectivity index (χ3v) is 3.03. The van der Waals surface area contributed by atoms with Crippen molar-refractivity contribution in [2.75, 3.05) is 38.6 Å². The van der Waals surface area contributed by atoms with Crippen LogP contribution in [0.3, 0.4) is 0 Å². The number of morpholine rings is 1. The number of benzene rings is 1. The van der Waals surface area contributed by atoms with Crippen molar-refractivity contribution in [1.29, 1.82) is 0 Å². The number of hydrogen-bond acceptors (Lipinski definition) is 3. The second kappa shape index (κ2) is 5.47. The third kappa shape index (κ3) is 3.41. The Labute approximate surface area is 102 Å². The van der Waals surface area contributed by atoms with Gasteiger partial charge < -0.3 is 15.0 Å². The van der Waals surface area contributed by atoms with E-state index in [9.17, 15) is 4.39 Å². The first-order valence-electron chi connectivity index (χ1n) is 5.95. The van der Waals surface area contributed by atoms with Crippen LogP contribution in [0.5, 0.6) is 0 Å². The average Bonchev–Trinajstić information content (AvgIpc) is 2.31. The number of hydrogen-bond donors (Lipinski definition) is 1. The standard InChI is InChI=1S/C13H19FN2O/c1-10-7-11(3-4-13(10)14)15-8-12-9-16(2)5-6-17-12/h3-4,7,12,15H,5-6,8-9H2,1-2H3. The van der Waals surface area contributed by atoms with Gasteiger partial charge in [-0.2, -0.15) is 0 Å². The van der Waals surface area contributed by atoms with Gasteiger partial charge in [-0.05, 0) is 37.7 Å². The Kier molecular flexibility index (Phi) is 3.97. The van der Waals surface area contributed by atoms with Gasteiger partial charge in [-0.15, -0.1) is 0 Å². The molecule has 1 N–H and O–H groups in total. The van der Waals surface area contributed by atoms with Crippen LogP contribution in [-0.4, -0.2) is 44.3 Å². The Hall–Kier alpha value is -1.13. The van der Waals surface area contributed by atoms with Crippen molar-refractivity contribution in [3.63, 3.8) is 0 Å². The number of likely N-dealkylation sites (N-methyl/N-ethyl adjacent to an activating group) is 1. The normalized spacial score (nSPS) is 21.5. The maximum atomic E-state index is 13.1. The molecule has 0 radical (unpaired) electrons. The molecule has 1 unspecified atom stereocenters. The monoisotopic (exact) mass is 238 g/mol. The van der Waals surface area contributed by atoms with Crippen LogP contribution >= 0.6 is 0 Å². The van der Waals surface area contributed by atoms with Crippen molar-refractivity contribution < 1.29 is 9.13 Å². The highest BCUT2D eigenvalue weighted by atomic mass is 19.1. The topological polar surface area (TPSA) is 24.5 Å². The molecule has 0 amide bonds. The van der Waals surface area contributed by atoms with E-state index in [1.165, 1.54) is 6.07 Å². The maximum absolute atomic E-state index is 13.1. The molecule has 0 aromatic heterocycles. The quantitative estimate of drug-likeness (QED) is 0.870. The lowest BCUT2D eigenvalue weighted by molar-refractivity contribution is -0.0117. The molecule has 1 heterocycles. The van der Waals surface area contributed by atoms with Crippen molar-refractivity contribution >= 4 is 5.69 Å². The Morgan fingerprint density at radius 3 is 3.06 bits per heavy atom. The van der Waals surface area contributed by atoms with Crippen LogP contribution in [0.4, 0.5) is 10.1 Å². The summed E-state index contributed by atoms with van der Waals surface area (Å²) in [4.78, 5) is 2.26. The second-order valence-electron chi connectivity index (χ2n) is 4.60. The highest BCUT2D eigenvalue weighted by molar-refractivity contribution is 5.46. The summed E-state index contributed by atoms with van der Waals surface area (Å²) in [6, 6.07) is 5.07. The van der Waals surface area contributed by atoms with Gasteiger partial charge in [0.2, 0.25) is 0 Å². The molecule has 1 aliphatic heterocycles. The van der Waals surface area contributed by atoms with Gasteiger partial charge in [0.1, 0.15) is 5.82 Å². The van der Waals surface area contributed by atoms with Crippen LogP contribution in [0.1, 0.15) is 5.56 Å². The van der Waals surface area contributed by atoms with Gasteiger partial charge >= 0.3 is 0 Å². The number of rotatable bonds is 3. The number of ether oxygens (including phenoxy) is 1. The van der Waals surface area contributed by atoms with Crippen molar-refractivity contribution in [2.24, 2.45) is 0 Å². The zero-order valence-electron chi connectivity index (χ0n) is 10.4. The summed E-state index contributed by atoms with van der Waals surface area (Å²) in [7, 11) is 2.09. The van der Waals surface area contributed by atoms with E-state index in [2.05, 4.69) is 17.3 Å². The molecule has 0 bridgehead atoms. The van der Waals surface area contributed by atoms with Gasteiger partial charge in [-0.1, -0.05) is 0 Å². The maximum Gasteiger partial charge on any atom is 0.126 e. The van der Waals surface area contributed by atoms with Gasteiger partial charge in [-0.3, -0.25) is 0 Å². The lowest BCUT2D eigenvalue weighted by Gasteiger charge is -2.30. The molecule has 1 aliphatic rings. The van der Waals surface area contributed by atoms with Crippen LogP contribution in [0.15, 0.2) is 18.2 Å². The molecule has 1 aromatic carbocycles. The number of anilines is 1. The number of halogens is 1. The largest absolute Gasteiger partial charge is 0.382 e. The summed E-state index contributed by atoms with van der Waals surface area (Å²) in [5, 5.41) is 3.28. The smallest absolute Gasteiger partial charge is 0.126 e. The highest BCUT2D eigenvalue weighted by Gasteiger charge is 2.17. The van der Waals surface area contributed by atoms with Gasteiger partial charge in [0.15, 0.2) is 0 Å². The molecule has 1 aromatic rings. The van der Waals surface area contributed by atoms with Crippen LogP contribution in [0.25, 0.3) is 0 Å². The van der Waals surface area contributed by atoms with Crippen LogP contribution in [0.2, 0.25) is 0 Å². The first-order chi connectivity index (χ1) is 8.15. The van der Waals surface area contributed by atoms with Crippen LogP contribution in [0, 0.1) is 12.7 Å². The Morgan fingerprint density at radius 2 is 2.35 bits per heavy atom. The minimum atomic E-state index is -0.163. The first kappa shape index (κ1) is 12.3. The zero-order chi connectivity index (χ0) is 12.3. The van der Waals surface area contributed by atoms with E-state index >= 15 is 0 Å². The number of nitrogens with zero attached hydrogens (tertiary/aromatic N) is 1. The summed E-state index contributed by atoms with van der Waals surface area (Å²) in [6.07, 6.45) is 0.208. The molecular weight excluding hydrogens is 219 g/mol. The van der Waals surface area contributed by atoms with E-state index in [0.29, 0.717) is 5.56 Å². The fourth-order valence-corrected chi connectivity index (χ4v) is 1.98. The molecule has 0 spiro atoms. The van der Waals surface area contributed by atoms with E-state index in [1.54, 1.807) is 13.0 Å². The van der Waals surface area contributed by atoms with Crippen molar-refractivity contribution in [3.05, 3.63) is 29.6 Å². The van der Waals surface area contributed by atoms with E-state index in [4.69, 9.17) is 4.74 Å². The molecule has 0 saturated carbocycles. The Bertz CT molecular complexity index is 384. The van der Waals surface area contributed by atoms with Gasteiger partial charge in [-0.25, -0.2) is 4.39 Å². The van der Waals surface area contributed by atoms with Gasteiger partial charge in [0.25, 0.3) is 0 Å². The molecular formula is C13H19FN2O. The average molecular weight is 238 g/mol. The fourth-order valence-electron chi connectivity index (χ4n) is 1.98. The molecule has 1 atom stereocenters. The lowest BCUT2D eigenvalue weighted by Crippen LogP contribution is -2.43. The summed E-state index contributed by atoms with van der Waals surface area (Å²) < 4.78 is 18.7. The Balaban J connectivity index is 1.86. The van der Waals surface area contributed by atoms with Gasteiger partial charge in [0.05, 0.1) is 12.7 Å². The van der Waals surface area contributed by atoms with Crippen LogP contribution in [-0.2, 0) is 4.74 Å². The molecule has 3 nitrogen and oxygen atoms in total. The minimum Gasteiger partial charge on any atom is -0.382 e. The van der Waals surface area contributed by atoms with Crippen molar-refractivity contribution in [2.45, 2.75) is 13.0 Å². The van der Waals surface area contributed by atoms with Gasteiger partial charge in [0, 0.05) is 25.3 Å². The second-order valence-corrected chi connectivity index (χ2v) is 4.60. The predicted octanol–water partition coefficient (Wildman–Crippen LogP) is 1.88. The van der Waals surface area contributed by atoms with E-state index < -0.39 is 0 Å². The minimum absolute atomic E-state index is 0.163. The SMILES string of the molecule is Cc1cc(NCC2CN(C)CCO2)ccc1F. The van der Waals surface area contributed by atoms with E-state index in [-0.39, 0.29) is 11.9 Å². The highest BCUT2D eigenvalue weighted by Crippen LogP contribution is 2.14. The Morgan fingerprint density at radius 1 is 1.53 bits per heavy atom. The summed E-state index contributed by atoms with van der Waals surface area (Å²) >= 11 is 0. The molecule has 1 saturated heterocycles. The summed E-state index contributed by atoms with van der Waals surface area (Å²) in [5.41, 5.74) is 1.61. The van der Waals surface area contributed by atoms with Crippen LogP contribution < -0.4 is 5.32 Å². The molecule has 0 aliphatic carbocycles. The van der Waals surface area contributed by atoms with Crippen molar-refractivity contribution in [1.82, 2.24) is 4.90 Å². The first-order valence-corrected chi connectivity index (χ1v) is 5.95. The van der Waals surface area contributed by atoms with E-state index in [1.807, 2.05) is 6.07 Å². The molecule has 4 heteroatoms. The summed E-state index contributed by atoms with van der Waals surface area (Å²) in [5.74, 6) is -0.163. The summed E-state index contributed by atoms with van der Waals surface area (Å²) in [6.45, 7) is 5.24.